The van der Waals surface area contributed by atoms with Crippen molar-refractivity contribution in [2.75, 3.05) is 26.3 Å². The molecule has 1 aromatic heterocycles. The molecule has 6 rings (SSSR count). The molecule has 3 heterocycles. The van der Waals surface area contributed by atoms with Crippen LogP contribution in [0.2, 0.25) is 0 Å². The van der Waals surface area contributed by atoms with E-state index in [2.05, 4.69) is 39.6 Å². The summed E-state index contributed by atoms with van der Waals surface area (Å²) in [6.07, 6.45) is 8.00. The number of hydrogen-bond acceptors (Lipinski definition) is 4. The molecule has 0 spiro atoms. The van der Waals surface area contributed by atoms with Crippen molar-refractivity contribution >= 4 is 39.8 Å². The van der Waals surface area contributed by atoms with Crippen LogP contribution in [0.4, 0.5) is 0 Å². The lowest BCUT2D eigenvalue weighted by molar-refractivity contribution is -0.131. The fourth-order valence-electron chi connectivity index (χ4n) is 6.39. The number of nitrogens with one attached hydrogen (secondary N) is 1. The second kappa shape index (κ2) is 11.3. The quantitative estimate of drug-likeness (QED) is 0.453. The van der Waals surface area contributed by atoms with Gasteiger partial charge in [-0.15, -0.1) is 0 Å². The first-order valence-corrected chi connectivity index (χ1v) is 15.7. The van der Waals surface area contributed by atoms with E-state index in [0.29, 0.717) is 44.3 Å². The Bertz CT molecular complexity index is 1510. The van der Waals surface area contributed by atoms with Gasteiger partial charge < -0.3 is 14.2 Å². The van der Waals surface area contributed by atoms with Crippen molar-refractivity contribution in [3.63, 3.8) is 0 Å². The topological polar surface area (TPSA) is 80.6 Å². The first kappa shape index (κ1) is 27.0. The fourth-order valence-corrected chi connectivity index (χ4v) is 6.92. The van der Waals surface area contributed by atoms with E-state index in [1.807, 2.05) is 36.9 Å². The molecule has 0 bridgehead atoms. The monoisotopic (exact) mass is 559 g/mol. The lowest BCUT2D eigenvalue weighted by Crippen LogP contribution is -2.41. The molecular formula is C32H37N3O4S. The summed E-state index contributed by atoms with van der Waals surface area (Å²) < 4.78 is 22.8. The average Bonchev–Trinajstić information content (AvgIpc) is 3.19. The molecule has 1 saturated heterocycles. The van der Waals surface area contributed by atoms with Gasteiger partial charge in [-0.25, -0.2) is 4.21 Å². The van der Waals surface area contributed by atoms with Crippen molar-refractivity contribution in [3.8, 4) is 11.3 Å². The Hall–Kier alpha value is -3.23. The number of fused-ring (bicyclic) bond motifs is 5. The number of amides is 2. The van der Waals surface area contributed by atoms with E-state index in [-0.39, 0.29) is 17.1 Å². The number of rotatable bonds is 5. The highest BCUT2D eigenvalue weighted by Crippen LogP contribution is 2.46. The Morgan fingerprint density at radius 3 is 2.52 bits per heavy atom. The molecule has 0 radical (unpaired) electrons. The molecule has 40 heavy (non-hydrogen) atoms. The van der Waals surface area contributed by atoms with Crippen LogP contribution < -0.4 is 4.72 Å². The summed E-state index contributed by atoms with van der Waals surface area (Å²) in [6, 6.07) is 14.2. The lowest BCUT2D eigenvalue weighted by Gasteiger charge is -2.28. The van der Waals surface area contributed by atoms with Gasteiger partial charge in [0.15, 0.2) is 0 Å². The maximum atomic E-state index is 13.8. The Morgan fingerprint density at radius 2 is 1.77 bits per heavy atom. The Labute approximate surface area is 238 Å². The zero-order chi connectivity index (χ0) is 27.8. The number of benzene rings is 2. The van der Waals surface area contributed by atoms with Crippen molar-refractivity contribution < 1.29 is 18.5 Å². The predicted molar refractivity (Wildman–Crippen MR) is 159 cm³/mol. The number of hydrogen-bond donors (Lipinski definition) is 1. The maximum Gasteiger partial charge on any atom is 0.263 e. The standard InChI is InChI=1S/C32H37N3O4S/c1-21(2)40(38)33-31(36)24-12-13-27-28(19-24)35-20-25(32(37)34-14-16-39-17-15-34)18-23-10-6-7-11-26(23)30(35)29(27)22-8-4-3-5-9-22/h6-7,10-13,18-19,21-22H,3-5,8-9,14-17,20H2,1-2H3,(H,33,36). The van der Waals surface area contributed by atoms with Crippen molar-refractivity contribution in [3.05, 3.63) is 64.7 Å². The van der Waals surface area contributed by atoms with Crippen LogP contribution in [-0.2, 0) is 27.1 Å². The molecule has 2 aliphatic heterocycles. The normalized spacial score (nSPS) is 18.6. The molecule has 1 atom stereocenters. The van der Waals surface area contributed by atoms with Gasteiger partial charge in [-0.3, -0.25) is 14.3 Å². The Balaban J connectivity index is 1.53. The van der Waals surface area contributed by atoms with Crippen molar-refractivity contribution in [2.45, 2.75) is 63.7 Å². The van der Waals surface area contributed by atoms with Crippen LogP contribution in [-0.4, -0.2) is 57.0 Å². The van der Waals surface area contributed by atoms with Gasteiger partial charge in [0.1, 0.15) is 11.0 Å². The number of ether oxygens (including phenoxy) is 1. The Morgan fingerprint density at radius 1 is 1.02 bits per heavy atom. The number of aromatic nitrogens is 1. The van der Waals surface area contributed by atoms with E-state index in [1.165, 1.54) is 24.8 Å². The molecule has 1 aliphatic carbocycles. The largest absolute Gasteiger partial charge is 0.378 e. The van der Waals surface area contributed by atoms with Gasteiger partial charge in [-0.1, -0.05) is 49.6 Å². The van der Waals surface area contributed by atoms with Crippen molar-refractivity contribution in [1.29, 1.82) is 0 Å². The zero-order valence-corrected chi connectivity index (χ0v) is 24.1. The van der Waals surface area contributed by atoms with Crippen LogP contribution >= 0.6 is 0 Å². The molecule has 3 aliphatic rings. The van der Waals surface area contributed by atoms with E-state index in [0.717, 1.165) is 46.1 Å². The molecule has 2 fully saturated rings. The summed E-state index contributed by atoms with van der Waals surface area (Å²) in [6.45, 7) is 6.33. The summed E-state index contributed by atoms with van der Waals surface area (Å²) in [4.78, 5) is 28.8. The molecule has 3 aromatic rings. The van der Waals surface area contributed by atoms with Gasteiger partial charge in [0.25, 0.3) is 11.8 Å². The summed E-state index contributed by atoms with van der Waals surface area (Å²) in [7, 11) is -1.46. The van der Waals surface area contributed by atoms with E-state index in [9.17, 15) is 13.8 Å². The van der Waals surface area contributed by atoms with Crippen LogP contribution in [0.15, 0.2) is 48.0 Å². The average molecular weight is 560 g/mol. The molecule has 210 valence electrons. The fraction of sp³-hybridized carbons (Fsp3) is 0.438. The highest BCUT2D eigenvalue weighted by molar-refractivity contribution is 7.84. The molecular weight excluding hydrogens is 522 g/mol. The number of nitrogens with zero attached hydrogens (tertiary/aromatic N) is 2. The van der Waals surface area contributed by atoms with Crippen LogP contribution in [0, 0.1) is 0 Å². The minimum absolute atomic E-state index is 0.0354. The Kier molecular flexibility index (Phi) is 7.64. The van der Waals surface area contributed by atoms with Crippen LogP contribution in [0.1, 0.15) is 73.4 Å². The van der Waals surface area contributed by atoms with Gasteiger partial charge in [-0.05, 0) is 61.9 Å². The van der Waals surface area contributed by atoms with Crippen LogP contribution in [0.25, 0.3) is 28.2 Å². The van der Waals surface area contributed by atoms with Crippen LogP contribution in [0.5, 0.6) is 0 Å². The number of carbonyl (C=O) groups is 2. The number of morpholine rings is 1. The van der Waals surface area contributed by atoms with Gasteiger partial charge in [0, 0.05) is 45.9 Å². The molecule has 8 heteroatoms. The van der Waals surface area contributed by atoms with Gasteiger partial charge >= 0.3 is 0 Å². The second-order valence-corrected chi connectivity index (χ2v) is 13.1. The first-order valence-electron chi connectivity index (χ1n) is 14.5. The maximum absolute atomic E-state index is 13.8. The summed E-state index contributed by atoms with van der Waals surface area (Å²) in [5.74, 6) is 0.108. The summed E-state index contributed by atoms with van der Waals surface area (Å²) in [5.41, 5.74) is 6.79. The first-order chi connectivity index (χ1) is 19.4. The zero-order valence-electron chi connectivity index (χ0n) is 23.3. The number of carbonyl (C=O) groups excluding carboxylic acids is 2. The molecule has 1 unspecified atom stereocenters. The lowest BCUT2D eigenvalue weighted by atomic mass is 9.81. The molecule has 1 N–H and O–H groups in total. The third-order valence-corrected chi connectivity index (χ3v) is 9.69. The third-order valence-electron chi connectivity index (χ3n) is 8.45. The molecule has 1 saturated carbocycles. The van der Waals surface area contributed by atoms with Crippen molar-refractivity contribution in [2.24, 2.45) is 0 Å². The third kappa shape index (κ3) is 5.03. The smallest absolute Gasteiger partial charge is 0.263 e. The van der Waals surface area contributed by atoms with E-state index in [1.54, 1.807) is 0 Å². The van der Waals surface area contributed by atoms with Crippen molar-refractivity contribution in [1.82, 2.24) is 14.2 Å². The molecule has 7 nitrogen and oxygen atoms in total. The summed E-state index contributed by atoms with van der Waals surface area (Å²) >= 11 is 0. The predicted octanol–water partition coefficient (Wildman–Crippen LogP) is 5.41. The SMILES string of the molecule is CC(C)S(=O)NC(=O)c1ccc2c(C3CCCCC3)c3n(c2c1)CC(C(=O)N1CCOCC1)=Cc1ccccc1-3. The van der Waals surface area contributed by atoms with E-state index < -0.39 is 11.0 Å². The highest BCUT2D eigenvalue weighted by atomic mass is 32.2. The van der Waals surface area contributed by atoms with Crippen LogP contribution in [0.3, 0.4) is 0 Å². The molecule has 2 aromatic carbocycles. The second-order valence-electron chi connectivity index (χ2n) is 11.4. The minimum Gasteiger partial charge on any atom is -0.378 e. The minimum atomic E-state index is -1.46. The van der Waals surface area contributed by atoms with Gasteiger partial charge in [0.2, 0.25) is 0 Å². The van der Waals surface area contributed by atoms with Gasteiger partial charge in [0.05, 0.1) is 25.5 Å². The van der Waals surface area contributed by atoms with E-state index >= 15 is 0 Å². The molecule has 2 amide bonds. The summed E-state index contributed by atoms with van der Waals surface area (Å²) in [5, 5.41) is 0.962. The van der Waals surface area contributed by atoms with Gasteiger partial charge in [-0.2, -0.15) is 0 Å². The van der Waals surface area contributed by atoms with E-state index in [4.69, 9.17) is 4.74 Å². The highest BCUT2D eigenvalue weighted by Gasteiger charge is 2.31.